The van der Waals surface area contributed by atoms with Crippen LogP contribution < -0.4 is 0 Å². The third-order valence-corrected chi connectivity index (χ3v) is 2.88. The van der Waals surface area contributed by atoms with Gasteiger partial charge in [-0.15, -0.1) is 6.42 Å². The maximum atomic E-state index is 12.2. The van der Waals surface area contributed by atoms with Gasteiger partial charge in [0, 0.05) is 6.54 Å². The van der Waals surface area contributed by atoms with Gasteiger partial charge in [0.05, 0.1) is 18.8 Å². The summed E-state index contributed by atoms with van der Waals surface area (Å²) in [6, 6.07) is -0.427. The second-order valence-electron chi connectivity index (χ2n) is 6.02. The van der Waals surface area contributed by atoms with E-state index in [2.05, 4.69) is 5.92 Å². The first-order chi connectivity index (χ1) is 8.17. The highest BCUT2D eigenvalue weighted by atomic mass is 16.6. The fraction of sp³-hybridized carbons (Fsp3) is 0.786. The number of hydrogen-bond donors (Lipinski definition) is 0. The molecule has 1 unspecified atom stereocenters. The first kappa shape index (κ1) is 15.0. The maximum Gasteiger partial charge on any atom is 0.326 e. The number of carbonyl (C=O) groups is 1. The Morgan fingerprint density at radius 1 is 1.39 bits per heavy atom. The van der Waals surface area contributed by atoms with E-state index in [-0.39, 0.29) is 5.97 Å². The van der Waals surface area contributed by atoms with Gasteiger partial charge in [-0.3, -0.25) is 9.69 Å². The fourth-order valence-corrected chi connectivity index (χ4v) is 1.92. The Morgan fingerprint density at radius 2 is 2.00 bits per heavy atom. The smallest absolute Gasteiger partial charge is 0.326 e. The third-order valence-electron chi connectivity index (χ3n) is 2.88. The molecule has 0 amide bonds. The predicted octanol–water partition coefficient (Wildman–Crippen LogP) is 1.44. The Labute approximate surface area is 110 Å². The highest BCUT2D eigenvalue weighted by Gasteiger charge is 2.39. The zero-order valence-electron chi connectivity index (χ0n) is 11.9. The Balaban J connectivity index is 2.84. The lowest BCUT2D eigenvalue weighted by Gasteiger charge is -2.42. The van der Waals surface area contributed by atoms with E-state index in [1.54, 1.807) is 0 Å². The molecule has 0 aromatic rings. The third kappa shape index (κ3) is 3.72. The second-order valence-corrected chi connectivity index (χ2v) is 6.02. The number of esters is 1. The number of ether oxygens (including phenoxy) is 2. The summed E-state index contributed by atoms with van der Waals surface area (Å²) in [5.74, 6) is 2.45. The minimum atomic E-state index is -0.500. The number of terminal acetylenes is 1. The largest absolute Gasteiger partial charge is 0.459 e. The Morgan fingerprint density at radius 3 is 2.50 bits per heavy atom. The van der Waals surface area contributed by atoms with Gasteiger partial charge in [0.25, 0.3) is 0 Å². The van der Waals surface area contributed by atoms with Crippen LogP contribution in [0, 0.1) is 12.3 Å². The van der Waals surface area contributed by atoms with Crippen LogP contribution in [0.2, 0.25) is 0 Å². The van der Waals surface area contributed by atoms with Crippen LogP contribution in [-0.2, 0) is 14.3 Å². The summed E-state index contributed by atoms with van der Waals surface area (Å²) >= 11 is 0. The highest BCUT2D eigenvalue weighted by molar-refractivity contribution is 5.76. The van der Waals surface area contributed by atoms with E-state index in [0.717, 1.165) is 0 Å². The maximum absolute atomic E-state index is 12.2. The molecule has 0 aromatic heterocycles. The lowest BCUT2D eigenvalue weighted by molar-refractivity contribution is -0.170. The summed E-state index contributed by atoms with van der Waals surface area (Å²) in [6.45, 7) is 11.0. The van der Waals surface area contributed by atoms with Crippen LogP contribution in [0.5, 0.6) is 0 Å². The number of carbonyl (C=O) groups excluding carboxylic acids is 1. The highest BCUT2D eigenvalue weighted by Crippen LogP contribution is 2.22. The topological polar surface area (TPSA) is 38.8 Å². The molecule has 0 spiro atoms. The van der Waals surface area contributed by atoms with Gasteiger partial charge >= 0.3 is 5.97 Å². The molecule has 0 saturated carbocycles. The summed E-state index contributed by atoms with van der Waals surface area (Å²) < 4.78 is 10.8. The molecule has 4 heteroatoms. The summed E-state index contributed by atoms with van der Waals surface area (Å²) in [7, 11) is 0. The SMILES string of the molecule is C#CC(C)(C)N1CCOCC1C(=O)OC(C)(C)C. The van der Waals surface area contributed by atoms with Gasteiger partial charge < -0.3 is 9.47 Å². The van der Waals surface area contributed by atoms with Crippen molar-refractivity contribution in [3.05, 3.63) is 0 Å². The van der Waals surface area contributed by atoms with Crippen molar-refractivity contribution in [2.75, 3.05) is 19.8 Å². The fourth-order valence-electron chi connectivity index (χ4n) is 1.92. The molecular weight excluding hydrogens is 230 g/mol. The average Bonchev–Trinajstić information content (AvgIpc) is 2.27. The van der Waals surface area contributed by atoms with Crippen molar-refractivity contribution in [3.8, 4) is 12.3 Å². The Hall–Kier alpha value is -1.05. The van der Waals surface area contributed by atoms with Gasteiger partial charge in [0.15, 0.2) is 0 Å². The normalized spacial score (nSPS) is 22.3. The van der Waals surface area contributed by atoms with E-state index in [1.807, 2.05) is 39.5 Å². The number of nitrogens with zero attached hydrogens (tertiary/aromatic N) is 1. The van der Waals surface area contributed by atoms with Gasteiger partial charge in [0.1, 0.15) is 11.6 Å². The first-order valence-corrected chi connectivity index (χ1v) is 6.22. The molecule has 0 aromatic carbocycles. The van der Waals surface area contributed by atoms with Gasteiger partial charge in [0.2, 0.25) is 0 Å². The summed E-state index contributed by atoms with van der Waals surface area (Å²) in [6.07, 6.45) is 5.54. The standard InChI is InChI=1S/C14H23NO3/c1-7-14(5,6)15-8-9-17-10-11(15)12(16)18-13(2,3)4/h1,11H,8-10H2,2-6H3. The molecule has 1 fully saturated rings. The Kier molecular flexibility index (Phi) is 4.41. The molecule has 1 saturated heterocycles. The molecule has 1 heterocycles. The van der Waals surface area contributed by atoms with E-state index in [4.69, 9.17) is 15.9 Å². The molecule has 1 rings (SSSR count). The number of hydrogen-bond acceptors (Lipinski definition) is 4. The average molecular weight is 253 g/mol. The van der Waals surface area contributed by atoms with E-state index in [1.165, 1.54) is 0 Å². The van der Waals surface area contributed by atoms with Crippen LogP contribution in [0.1, 0.15) is 34.6 Å². The lowest BCUT2D eigenvalue weighted by Crippen LogP contribution is -2.59. The van der Waals surface area contributed by atoms with Gasteiger partial charge in [-0.05, 0) is 34.6 Å². The van der Waals surface area contributed by atoms with Gasteiger partial charge in [-0.2, -0.15) is 0 Å². The van der Waals surface area contributed by atoms with Crippen molar-refractivity contribution in [1.29, 1.82) is 0 Å². The molecule has 0 bridgehead atoms. The quantitative estimate of drug-likeness (QED) is 0.551. The van der Waals surface area contributed by atoms with Crippen molar-refractivity contribution < 1.29 is 14.3 Å². The van der Waals surface area contributed by atoms with Crippen molar-refractivity contribution in [1.82, 2.24) is 4.90 Å². The molecule has 4 nitrogen and oxygen atoms in total. The Bertz CT molecular complexity index is 349. The van der Waals surface area contributed by atoms with E-state index < -0.39 is 17.2 Å². The monoisotopic (exact) mass is 253 g/mol. The zero-order chi connectivity index (χ0) is 14.0. The molecule has 1 aliphatic heterocycles. The van der Waals surface area contributed by atoms with E-state index in [9.17, 15) is 4.79 Å². The van der Waals surface area contributed by atoms with Gasteiger partial charge in [-0.1, -0.05) is 5.92 Å². The summed E-state index contributed by atoms with van der Waals surface area (Å²) in [5, 5.41) is 0. The molecule has 0 radical (unpaired) electrons. The van der Waals surface area contributed by atoms with Crippen molar-refractivity contribution >= 4 is 5.97 Å². The zero-order valence-corrected chi connectivity index (χ0v) is 11.9. The van der Waals surface area contributed by atoms with Crippen LogP contribution in [0.25, 0.3) is 0 Å². The predicted molar refractivity (Wildman–Crippen MR) is 70.1 cm³/mol. The van der Waals surface area contributed by atoms with Crippen LogP contribution in [0.3, 0.4) is 0 Å². The van der Waals surface area contributed by atoms with Crippen molar-refractivity contribution in [2.45, 2.75) is 51.8 Å². The van der Waals surface area contributed by atoms with Crippen LogP contribution in [0.15, 0.2) is 0 Å². The molecule has 0 aliphatic carbocycles. The molecular formula is C14H23NO3. The first-order valence-electron chi connectivity index (χ1n) is 6.22. The van der Waals surface area contributed by atoms with Crippen molar-refractivity contribution in [2.24, 2.45) is 0 Å². The minimum absolute atomic E-state index is 0.273. The van der Waals surface area contributed by atoms with Gasteiger partial charge in [-0.25, -0.2) is 0 Å². The number of rotatable bonds is 2. The molecule has 0 N–H and O–H groups in total. The summed E-state index contributed by atoms with van der Waals surface area (Å²) in [4.78, 5) is 14.2. The molecule has 18 heavy (non-hydrogen) atoms. The van der Waals surface area contributed by atoms with Crippen LogP contribution in [0.4, 0.5) is 0 Å². The molecule has 102 valence electrons. The summed E-state index contributed by atoms with van der Waals surface area (Å²) in [5.41, 5.74) is -0.980. The molecule has 1 aliphatic rings. The van der Waals surface area contributed by atoms with Crippen LogP contribution in [-0.4, -0.2) is 47.8 Å². The van der Waals surface area contributed by atoms with Crippen LogP contribution >= 0.6 is 0 Å². The van der Waals surface area contributed by atoms with E-state index >= 15 is 0 Å². The van der Waals surface area contributed by atoms with E-state index in [0.29, 0.717) is 19.8 Å². The molecule has 1 atom stereocenters. The van der Waals surface area contributed by atoms with Crippen molar-refractivity contribution in [3.63, 3.8) is 0 Å². The minimum Gasteiger partial charge on any atom is -0.459 e. The number of morpholine rings is 1. The second kappa shape index (κ2) is 5.29. The lowest BCUT2D eigenvalue weighted by atomic mass is 10.0.